The summed E-state index contributed by atoms with van der Waals surface area (Å²) in [6.45, 7) is 5.00. The van der Waals surface area contributed by atoms with Gasteiger partial charge in [-0.05, 0) is 12.1 Å². The minimum Gasteiger partial charge on any atom is -0.298 e. The summed E-state index contributed by atoms with van der Waals surface area (Å²) in [7, 11) is -3.78. The fraction of sp³-hybridized carbons (Fsp3) is 0.417. The molecule has 0 unspecified atom stereocenters. The Morgan fingerprint density at radius 3 is 2.65 bits per heavy atom. The van der Waals surface area contributed by atoms with Crippen molar-refractivity contribution < 1.29 is 13.2 Å². The van der Waals surface area contributed by atoms with E-state index in [2.05, 4.69) is 13.5 Å². The number of nitrogens with one attached hydrogen (secondary N) is 1. The Morgan fingerprint density at radius 2 is 2.00 bits per heavy atom. The van der Waals surface area contributed by atoms with Crippen molar-refractivity contribution in [3.05, 3.63) is 18.2 Å². The van der Waals surface area contributed by atoms with E-state index in [0.717, 1.165) is 11.7 Å². The summed E-state index contributed by atoms with van der Waals surface area (Å²) in [4.78, 5) is 11.9. The minimum absolute atomic E-state index is 0.0467. The summed E-state index contributed by atoms with van der Waals surface area (Å²) in [5, 5.41) is 0. The van der Waals surface area contributed by atoms with Crippen molar-refractivity contribution in [3.63, 3.8) is 0 Å². The third-order valence-corrected chi connectivity index (χ3v) is 4.77. The first-order valence-corrected chi connectivity index (χ1v) is 8.17. The highest BCUT2D eigenvalue weighted by Crippen LogP contribution is 2.21. The second-order valence-electron chi connectivity index (χ2n) is 5.39. The van der Waals surface area contributed by atoms with E-state index in [4.69, 9.17) is 0 Å². The number of nitrogens with zero attached hydrogens (tertiary/aromatic N) is 2. The molecule has 0 spiro atoms. The highest BCUT2D eigenvalue weighted by Gasteiger charge is 2.25. The molecule has 1 heterocycles. The quantitative estimate of drug-likeness (QED) is 0.925. The fourth-order valence-corrected chi connectivity index (χ4v) is 3.25. The average Bonchev–Trinajstić information content (AvgIpc) is 2.82. The first kappa shape index (κ1) is 15.0. The summed E-state index contributed by atoms with van der Waals surface area (Å²) in [6, 6.07) is 4.75. The molecule has 20 heavy (non-hydrogen) atoms. The summed E-state index contributed by atoms with van der Waals surface area (Å²) >= 11 is 0.953. The lowest BCUT2D eigenvalue weighted by molar-refractivity contribution is -0.125. The van der Waals surface area contributed by atoms with Gasteiger partial charge in [0.25, 0.3) is 0 Å². The predicted octanol–water partition coefficient (Wildman–Crippen LogP) is 1.58. The van der Waals surface area contributed by atoms with Crippen LogP contribution < -0.4 is 4.72 Å². The van der Waals surface area contributed by atoms with E-state index < -0.39 is 15.4 Å². The Morgan fingerprint density at radius 1 is 1.30 bits per heavy atom. The Kier molecular flexibility index (Phi) is 3.90. The molecule has 1 aromatic heterocycles. The van der Waals surface area contributed by atoms with Crippen LogP contribution in [0.15, 0.2) is 23.1 Å². The Balaban J connectivity index is 2.28. The van der Waals surface area contributed by atoms with Crippen molar-refractivity contribution in [1.29, 1.82) is 0 Å². The van der Waals surface area contributed by atoms with Crippen molar-refractivity contribution in [3.8, 4) is 0 Å². The first-order chi connectivity index (χ1) is 9.22. The van der Waals surface area contributed by atoms with Gasteiger partial charge in [0.2, 0.25) is 10.0 Å². The Hall–Kier alpha value is -1.38. The van der Waals surface area contributed by atoms with Crippen LogP contribution in [0.25, 0.3) is 11.0 Å². The van der Waals surface area contributed by atoms with Gasteiger partial charge >= 0.3 is 0 Å². The van der Waals surface area contributed by atoms with Gasteiger partial charge in [-0.15, -0.1) is 0 Å². The molecular weight excluding hydrogens is 298 g/mol. The van der Waals surface area contributed by atoms with Crippen LogP contribution in [0.5, 0.6) is 0 Å². The van der Waals surface area contributed by atoms with Gasteiger partial charge < -0.3 is 0 Å². The lowest BCUT2D eigenvalue weighted by Crippen LogP contribution is -2.35. The molecule has 0 aliphatic rings. The van der Waals surface area contributed by atoms with Gasteiger partial charge in [0, 0.05) is 5.41 Å². The summed E-state index contributed by atoms with van der Waals surface area (Å²) in [6.07, 6.45) is 0. The molecule has 0 radical (unpaired) electrons. The van der Waals surface area contributed by atoms with E-state index >= 15 is 0 Å². The van der Waals surface area contributed by atoms with Gasteiger partial charge in [-0.2, -0.15) is 8.75 Å². The van der Waals surface area contributed by atoms with Gasteiger partial charge in [0.15, 0.2) is 5.78 Å². The molecule has 0 aliphatic heterocycles. The van der Waals surface area contributed by atoms with Crippen LogP contribution in [-0.4, -0.2) is 29.5 Å². The van der Waals surface area contributed by atoms with Crippen LogP contribution in [0.3, 0.4) is 0 Å². The molecule has 1 N–H and O–H groups in total. The highest BCUT2D eigenvalue weighted by atomic mass is 32.2. The Labute approximate surface area is 121 Å². The molecule has 6 nitrogen and oxygen atoms in total. The highest BCUT2D eigenvalue weighted by molar-refractivity contribution is 7.89. The molecule has 1 aromatic carbocycles. The van der Waals surface area contributed by atoms with E-state index in [9.17, 15) is 13.2 Å². The lowest BCUT2D eigenvalue weighted by Gasteiger charge is -2.16. The maximum Gasteiger partial charge on any atom is 0.243 e. The standard InChI is InChI=1S/C12H15N3O3S2/c1-12(2,3)10(16)7-13-20(17,18)9-6-4-5-8-11(9)15-19-14-8/h4-6,13H,7H2,1-3H3. The van der Waals surface area contributed by atoms with Crippen LogP contribution in [0.1, 0.15) is 20.8 Å². The number of ketones is 1. The molecule has 0 saturated heterocycles. The molecule has 0 atom stereocenters. The molecule has 0 aliphatic carbocycles. The number of aromatic nitrogens is 2. The molecule has 0 fully saturated rings. The summed E-state index contributed by atoms with van der Waals surface area (Å²) < 4.78 is 34.8. The topological polar surface area (TPSA) is 89.0 Å². The van der Waals surface area contributed by atoms with Crippen LogP contribution in [0.2, 0.25) is 0 Å². The van der Waals surface area contributed by atoms with E-state index in [1.807, 2.05) is 0 Å². The van der Waals surface area contributed by atoms with E-state index in [1.54, 1.807) is 32.9 Å². The number of carbonyl (C=O) groups is 1. The van der Waals surface area contributed by atoms with Crippen LogP contribution in [0, 0.1) is 5.41 Å². The zero-order valence-corrected chi connectivity index (χ0v) is 13.0. The number of carbonyl (C=O) groups excluding carboxylic acids is 1. The van der Waals surface area contributed by atoms with Gasteiger partial charge in [0.1, 0.15) is 15.9 Å². The van der Waals surface area contributed by atoms with E-state index in [1.165, 1.54) is 6.07 Å². The largest absolute Gasteiger partial charge is 0.298 e. The van der Waals surface area contributed by atoms with E-state index in [-0.39, 0.29) is 17.2 Å². The number of Topliss-reactive ketones (excluding diaryl/α,β-unsaturated/α-hetero) is 1. The number of fused-ring (bicyclic) bond motifs is 1. The fourth-order valence-electron chi connectivity index (χ4n) is 1.50. The Bertz CT molecular complexity index is 745. The second kappa shape index (κ2) is 5.19. The smallest absolute Gasteiger partial charge is 0.243 e. The lowest BCUT2D eigenvalue weighted by atomic mass is 9.91. The molecule has 108 valence electrons. The molecular formula is C12H15N3O3S2. The molecule has 2 rings (SSSR count). The number of sulfonamides is 1. The minimum atomic E-state index is -3.78. The summed E-state index contributed by atoms with van der Waals surface area (Å²) in [5.74, 6) is -0.176. The molecule has 0 saturated carbocycles. The normalized spacial score (nSPS) is 12.8. The number of hydrogen-bond acceptors (Lipinski definition) is 6. The van der Waals surface area contributed by atoms with Crippen molar-refractivity contribution in [2.45, 2.75) is 25.7 Å². The second-order valence-corrected chi connectivity index (χ2v) is 7.65. The van der Waals surface area contributed by atoms with Crippen LogP contribution in [-0.2, 0) is 14.8 Å². The average molecular weight is 313 g/mol. The third-order valence-electron chi connectivity index (χ3n) is 2.80. The molecule has 0 bridgehead atoms. The van der Waals surface area contributed by atoms with Crippen LogP contribution in [0.4, 0.5) is 0 Å². The van der Waals surface area contributed by atoms with Gasteiger partial charge in [0.05, 0.1) is 18.3 Å². The predicted molar refractivity (Wildman–Crippen MR) is 77.1 cm³/mol. The first-order valence-electron chi connectivity index (χ1n) is 5.96. The van der Waals surface area contributed by atoms with Gasteiger partial charge in [-0.1, -0.05) is 26.8 Å². The monoisotopic (exact) mass is 313 g/mol. The third kappa shape index (κ3) is 3.02. The number of hydrogen-bond donors (Lipinski definition) is 1. The van der Waals surface area contributed by atoms with E-state index in [0.29, 0.717) is 11.0 Å². The number of benzene rings is 1. The zero-order valence-electron chi connectivity index (χ0n) is 11.4. The maximum absolute atomic E-state index is 12.2. The van der Waals surface area contributed by atoms with Crippen molar-refractivity contribution >= 4 is 38.6 Å². The van der Waals surface area contributed by atoms with Crippen molar-refractivity contribution in [2.75, 3.05) is 6.54 Å². The number of rotatable bonds is 4. The van der Waals surface area contributed by atoms with Crippen molar-refractivity contribution in [1.82, 2.24) is 13.5 Å². The SMILES string of the molecule is CC(C)(C)C(=O)CNS(=O)(=O)c1cccc2nsnc12. The van der Waals surface area contributed by atoms with Gasteiger partial charge in [-0.3, -0.25) is 4.79 Å². The van der Waals surface area contributed by atoms with Gasteiger partial charge in [-0.25, -0.2) is 13.1 Å². The molecule has 0 amide bonds. The summed E-state index contributed by atoms with van der Waals surface area (Å²) in [5.41, 5.74) is 0.268. The molecule has 2 aromatic rings. The van der Waals surface area contributed by atoms with Crippen LogP contribution >= 0.6 is 11.7 Å². The maximum atomic E-state index is 12.2. The van der Waals surface area contributed by atoms with Crippen molar-refractivity contribution in [2.24, 2.45) is 5.41 Å². The molecule has 8 heteroatoms. The zero-order chi connectivity index (χ0) is 15.0.